The zero-order chi connectivity index (χ0) is 26.3. The standard InChI is InChI=1S/C26H35F3N4O3/c1-17-14-20-6-5-8-24(4,25(20,35)15-21(17)36-19(3)34)18(2)16-32-10-12-33(13-11-32)23-30-9-7-22(31-23)26(27,28)29/h7,9,14,18,20-21,35H,5-6,8,10-13,16H2,1-4H3/t18-,20+,21-,24-,25-/m1/s1. The number of nitrogens with zero attached hydrogens (tertiary/aromatic N) is 4. The number of esters is 1. The minimum absolute atomic E-state index is 0.0830. The van der Waals surface area contributed by atoms with Crippen LogP contribution in [0.3, 0.4) is 0 Å². The number of anilines is 1. The Kier molecular flexibility index (Phi) is 7.41. The molecule has 1 N–H and O–H groups in total. The molecule has 0 aromatic carbocycles. The number of aliphatic hydroxyl groups is 1. The van der Waals surface area contributed by atoms with Gasteiger partial charge in [-0.2, -0.15) is 13.2 Å². The van der Waals surface area contributed by atoms with Crippen molar-refractivity contribution in [2.24, 2.45) is 17.3 Å². The van der Waals surface area contributed by atoms with Gasteiger partial charge in [-0.25, -0.2) is 9.97 Å². The van der Waals surface area contributed by atoms with Crippen molar-refractivity contribution in [1.29, 1.82) is 0 Å². The average Bonchev–Trinajstić information content (AvgIpc) is 2.81. The van der Waals surface area contributed by atoms with Crippen LogP contribution in [0.15, 0.2) is 23.9 Å². The van der Waals surface area contributed by atoms with Gasteiger partial charge in [0, 0.05) is 57.2 Å². The molecule has 198 valence electrons. The Morgan fingerprint density at radius 1 is 1.33 bits per heavy atom. The Morgan fingerprint density at radius 3 is 2.67 bits per heavy atom. The SMILES string of the molecule is CC(=O)O[C@@H]1[C][C@@]2(O)[C@H](C=C1C)CCC[C@]2(C)[C@H](C)CN1CCN(c2nccc(C(F)(F)F)n2)CC1. The van der Waals surface area contributed by atoms with Gasteiger partial charge in [-0.1, -0.05) is 26.3 Å². The molecule has 2 aliphatic carbocycles. The summed E-state index contributed by atoms with van der Waals surface area (Å²) >= 11 is 0. The second-order valence-corrected chi connectivity index (χ2v) is 10.7. The highest BCUT2D eigenvalue weighted by molar-refractivity contribution is 5.66. The lowest BCUT2D eigenvalue weighted by atomic mass is 9.51. The normalized spacial score (nSPS) is 32.4. The first-order valence-electron chi connectivity index (χ1n) is 12.6. The molecule has 7 nitrogen and oxygen atoms in total. The van der Waals surface area contributed by atoms with Gasteiger partial charge in [-0.15, -0.1) is 0 Å². The topological polar surface area (TPSA) is 78.8 Å². The fourth-order valence-electron chi connectivity index (χ4n) is 5.99. The third-order valence-electron chi connectivity index (χ3n) is 8.34. The molecule has 2 heterocycles. The van der Waals surface area contributed by atoms with Crippen molar-refractivity contribution in [2.45, 2.75) is 64.8 Å². The van der Waals surface area contributed by atoms with Crippen molar-refractivity contribution in [1.82, 2.24) is 14.9 Å². The second-order valence-electron chi connectivity index (χ2n) is 10.7. The quantitative estimate of drug-likeness (QED) is 0.479. The molecule has 0 bridgehead atoms. The van der Waals surface area contributed by atoms with Crippen molar-refractivity contribution in [3.8, 4) is 0 Å². The molecule has 4 rings (SSSR count). The molecular formula is C26H35F3N4O3. The monoisotopic (exact) mass is 508 g/mol. The first-order valence-corrected chi connectivity index (χ1v) is 12.6. The van der Waals surface area contributed by atoms with E-state index in [4.69, 9.17) is 4.74 Å². The van der Waals surface area contributed by atoms with Crippen LogP contribution >= 0.6 is 0 Å². The number of fused-ring (bicyclic) bond motifs is 1. The summed E-state index contributed by atoms with van der Waals surface area (Å²) in [6.07, 6.45) is 3.97. The predicted octanol–water partition coefficient (Wildman–Crippen LogP) is 3.76. The lowest BCUT2D eigenvalue weighted by molar-refractivity contribution is -0.160. The van der Waals surface area contributed by atoms with Gasteiger partial charge >= 0.3 is 12.1 Å². The summed E-state index contributed by atoms with van der Waals surface area (Å²) in [5, 5.41) is 12.0. The maximum atomic E-state index is 13.0. The number of halogens is 3. The Hall–Kier alpha value is -2.20. The Balaban J connectivity index is 1.42. The third-order valence-corrected chi connectivity index (χ3v) is 8.34. The van der Waals surface area contributed by atoms with E-state index in [0.717, 1.165) is 43.6 Å². The Labute approximate surface area is 210 Å². The number of ether oxygens (including phenoxy) is 1. The lowest BCUT2D eigenvalue weighted by Gasteiger charge is -2.58. The summed E-state index contributed by atoms with van der Waals surface area (Å²) in [4.78, 5) is 23.5. The van der Waals surface area contributed by atoms with E-state index in [1.807, 2.05) is 13.0 Å². The van der Waals surface area contributed by atoms with E-state index in [0.29, 0.717) is 26.2 Å². The largest absolute Gasteiger partial charge is 0.457 e. The smallest absolute Gasteiger partial charge is 0.433 e. The number of rotatable bonds is 5. The van der Waals surface area contributed by atoms with Gasteiger partial charge in [0.15, 0.2) is 0 Å². The van der Waals surface area contributed by atoms with E-state index < -0.39 is 35.0 Å². The molecule has 1 saturated carbocycles. The van der Waals surface area contributed by atoms with Crippen LogP contribution in [0.5, 0.6) is 0 Å². The van der Waals surface area contributed by atoms with Gasteiger partial charge in [0.25, 0.3) is 0 Å². The van der Waals surface area contributed by atoms with E-state index >= 15 is 0 Å². The molecule has 1 saturated heterocycles. The number of hydrogen-bond acceptors (Lipinski definition) is 7. The summed E-state index contributed by atoms with van der Waals surface area (Å²) in [6, 6.07) is 0.881. The molecule has 36 heavy (non-hydrogen) atoms. The predicted molar refractivity (Wildman–Crippen MR) is 128 cm³/mol. The van der Waals surface area contributed by atoms with Crippen molar-refractivity contribution in [3.05, 3.63) is 36.0 Å². The molecule has 10 heteroatoms. The number of aromatic nitrogens is 2. The highest BCUT2D eigenvalue weighted by Gasteiger charge is 2.59. The maximum Gasteiger partial charge on any atom is 0.433 e. The Bertz CT molecular complexity index is 995. The first kappa shape index (κ1) is 26.9. The van der Waals surface area contributed by atoms with Crippen molar-refractivity contribution in [3.63, 3.8) is 0 Å². The van der Waals surface area contributed by atoms with Crippen LogP contribution in [0.2, 0.25) is 0 Å². The molecule has 2 fully saturated rings. The zero-order valence-corrected chi connectivity index (χ0v) is 21.3. The van der Waals surface area contributed by atoms with Gasteiger partial charge < -0.3 is 14.7 Å². The van der Waals surface area contributed by atoms with Gasteiger partial charge in [0.05, 0.1) is 12.0 Å². The van der Waals surface area contributed by atoms with Crippen molar-refractivity contribution >= 4 is 11.9 Å². The van der Waals surface area contributed by atoms with E-state index in [9.17, 15) is 23.1 Å². The lowest BCUT2D eigenvalue weighted by Crippen LogP contribution is -2.62. The molecule has 1 aromatic rings. The van der Waals surface area contributed by atoms with Gasteiger partial charge in [-0.3, -0.25) is 9.69 Å². The van der Waals surface area contributed by atoms with E-state index in [2.05, 4.69) is 35.1 Å². The van der Waals surface area contributed by atoms with Crippen LogP contribution in [0, 0.1) is 23.7 Å². The molecule has 0 unspecified atom stereocenters. The van der Waals surface area contributed by atoms with E-state index in [1.165, 1.54) is 6.92 Å². The van der Waals surface area contributed by atoms with Crippen LogP contribution in [-0.4, -0.2) is 70.4 Å². The van der Waals surface area contributed by atoms with Gasteiger partial charge in [0.2, 0.25) is 5.95 Å². The number of hydrogen-bond donors (Lipinski definition) is 1. The molecule has 0 amide bonds. The fourth-order valence-corrected chi connectivity index (χ4v) is 5.99. The summed E-state index contributed by atoms with van der Waals surface area (Å²) in [5.41, 5.74) is -1.75. The highest BCUT2D eigenvalue weighted by atomic mass is 19.4. The van der Waals surface area contributed by atoms with Gasteiger partial charge in [-0.05, 0) is 37.3 Å². The Morgan fingerprint density at radius 2 is 2.03 bits per heavy atom. The minimum atomic E-state index is -4.50. The van der Waals surface area contributed by atoms with Crippen LogP contribution in [0.1, 0.15) is 52.7 Å². The summed E-state index contributed by atoms with van der Waals surface area (Å²) in [7, 11) is 0. The number of carbonyl (C=O) groups is 1. The average molecular weight is 509 g/mol. The number of piperazine rings is 1. The summed E-state index contributed by atoms with van der Waals surface area (Å²) in [6.45, 7) is 10.6. The van der Waals surface area contributed by atoms with Crippen LogP contribution in [-0.2, 0) is 15.7 Å². The molecule has 3 aliphatic rings. The van der Waals surface area contributed by atoms with Crippen LogP contribution in [0.4, 0.5) is 19.1 Å². The van der Waals surface area contributed by atoms with Gasteiger partial charge in [0.1, 0.15) is 11.8 Å². The van der Waals surface area contributed by atoms with Crippen molar-refractivity contribution < 1.29 is 27.8 Å². The molecular weight excluding hydrogens is 473 g/mol. The summed E-state index contributed by atoms with van der Waals surface area (Å²) < 4.78 is 44.6. The molecule has 1 aromatic heterocycles. The molecule has 1 aliphatic heterocycles. The highest BCUT2D eigenvalue weighted by Crippen LogP contribution is 2.56. The zero-order valence-electron chi connectivity index (χ0n) is 21.3. The number of carbonyl (C=O) groups excluding carboxylic acids is 1. The summed E-state index contributed by atoms with van der Waals surface area (Å²) in [5.74, 6) is -0.297. The van der Waals surface area contributed by atoms with E-state index in [-0.39, 0.29) is 17.8 Å². The fraction of sp³-hybridized carbons (Fsp3) is 0.692. The molecule has 5 atom stereocenters. The van der Waals surface area contributed by atoms with E-state index in [1.54, 1.807) is 4.90 Å². The minimum Gasteiger partial charge on any atom is -0.457 e. The molecule has 0 spiro atoms. The van der Waals surface area contributed by atoms with Crippen LogP contribution < -0.4 is 4.90 Å². The van der Waals surface area contributed by atoms with Crippen LogP contribution in [0.25, 0.3) is 0 Å². The van der Waals surface area contributed by atoms with Crippen molar-refractivity contribution in [2.75, 3.05) is 37.6 Å². The maximum absolute atomic E-state index is 13.0. The number of alkyl halides is 3. The second kappa shape index (κ2) is 9.93. The first-order chi connectivity index (χ1) is 16.8. The third kappa shape index (κ3) is 5.11. The molecule has 2 radical (unpaired) electrons.